The van der Waals surface area contributed by atoms with Crippen LogP contribution in [0.4, 0.5) is 5.82 Å². The van der Waals surface area contributed by atoms with Crippen LogP contribution in [-0.4, -0.2) is 26.9 Å². The number of hydrogen-bond acceptors (Lipinski definition) is 5. The lowest BCUT2D eigenvalue weighted by Gasteiger charge is -2.21. The highest BCUT2D eigenvalue weighted by Gasteiger charge is 2.25. The van der Waals surface area contributed by atoms with E-state index in [-0.39, 0.29) is 5.92 Å². The van der Waals surface area contributed by atoms with Crippen LogP contribution in [-0.2, 0) is 6.42 Å². The summed E-state index contributed by atoms with van der Waals surface area (Å²) in [6.45, 7) is 0.859. The van der Waals surface area contributed by atoms with Gasteiger partial charge in [0, 0.05) is 17.0 Å². The summed E-state index contributed by atoms with van der Waals surface area (Å²) in [7, 11) is 0. The second-order valence-corrected chi connectivity index (χ2v) is 8.14. The summed E-state index contributed by atoms with van der Waals surface area (Å²) in [5.74, 6) is 0.594. The Balaban J connectivity index is 1.41. The molecular weight excluding hydrogens is 396 g/mol. The molecule has 7 heteroatoms. The lowest BCUT2D eigenvalue weighted by molar-refractivity contribution is 0.508. The smallest absolute Gasteiger partial charge is 0.203 e. The van der Waals surface area contributed by atoms with Gasteiger partial charge in [0.15, 0.2) is 0 Å². The van der Waals surface area contributed by atoms with Crippen LogP contribution in [0.1, 0.15) is 47.1 Å². The number of nitrogen functional groups attached to an aromatic ring is 1. The maximum absolute atomic E-state index is 6.38. The van der Waals surface area contributed by atoms with Gasteiger partial charge in [0.25, 0.3) is 0 Å². The van der Waals surface area contributed by atoms with Crippen molar-refractivity contribution in [2.75, 3.05) is 12.3 Å². The monoisotopic (exact) mass is 418 g/mol. The molecule has 0 amide bonds. The summed E-state index contributed by atoms with van der Waals surface area (Å²) >= 11 is 6.38. The van der Waals surface area contributed by atoms with Crippen LogP contribution in [0.3, 0.4) is 0 Å². The van der Waals surface area contributed by atoms with E-state index in [4.69, 9.17) is 17.3 Å². The SMILES string of the molecule is Nc1cc(C(CCN[C@@H]2CCc3c(Cl)cccc32)c2ccccc2)c2n[nH]nc2n1. The molecule has 2 atom stereocenters. The largest absolute Gasteiger partial charge is 0.384 e. The van der Waals surface area contributed by atoms with Crippen LogP contribution < -0.4 is 11.1 Å². The molecule has 4 aromatic rings. The molecule has 0 fully saturated rings. The van der Waals surface area contributed by atoms with Crippen molar-refractivity contribution in [3.8, 4) is 0 Å². The van der Waals surface area contributed by atoms with Gasteiger partial charge in [0.2, 0.25) is 5.65 Å². The summed E-state index contributed by atoms with van der Waals surface area (Å²) in [6, 6.07) is 18.9. The van der Waals surface area contributed by atoms with Crippen LogP contribution in [0.2, 0.25) is 5.02 Å². The second-order valence-electron chi connectivity index (χ2n) is 7.74. The van der Waals surface area contributed by atoms with Crippen molar-refractivity contribution in [1.29, 1.82) is 0 Å². The fourth-order valence-corrected chi connectivity index (χ4v) is 4.83. The van der Waals surface area contributed by atoms with Crippen LogP contribution in [0.15, 0.2) is 54.6 Å². The van der Waals surface area contributed by atoms with E-state index >= 15 is 0 Å². The van der Waals surface area contributed by atoms with Gasteiger partial charge < -0.3 is 11.1 Å². The van der Waals surface area contributed by atoms with Gasteiger partial charge >= 0.3 is 0 Å². The Bertz CT molecular complexity index is 1170. The number of fused-ring (bicyclic) bond motifs is 2. The lowest BCUT2D eigenvalue weighted by Crippen LogP contribution is -2.22. The molecule has 2 aromatic heterocycles. The molecule has 2 aromatic carbocycles. The normalized spacial score (nSPS) is 16.6. The topological polar surface area (TPSA) is 92.5 Å². The number of pyridine rings is 1. The lowest BCUT2D eigenvalue weighted by atomic mass is 9.88. The predicted molar refractivity (Wildman–Crippen MR) is 120 cm³/mol. The fourth-order valence-electron chi connectivity index (χ4n) is 4.56. The maximum Gasteiger partial charge on any atom is 0.203 e. The first-order chi connectivity index (χ1) is 14.7. The average Bonchev–Trinajstić information content (AvgIpc) is 3.39. The van der Waals surface area contributed by atoms with Crippen molar-refractivity contribution >= 4 is 28.6 Å². The molecule has 6 nitrogen and oxygen atoms in total. The predicted octanol–water partition coefficient (Wildman–Crippen LogP) is 4.39. The van der Waals surface area contributed by atoms with Gasteiger partial charge in [-0.2, -0.15) is 10.3 Å². The van der Waals surface area contributed by atoms with Gasteiger partial charge in [0.05, 0.1) is 0 Å². The molecule has 0 saturated heterocycles. The Morgan fingerprint density at radius 2 is 2.00 bits per heavy atom. The Morgan fingerprint density at radius 1 is 1.13 bits per heavy atom. The third kappa shape index (κ3) is 3.53. The van der Waals surface area contributed by atoms with Crippen LogP contribution in [0.5, 0.6) is 0 Å². The first-order valence-corrected chi connectivity index (χ1v) is 10.6. The van der Waals surface area contributed by atoms with Gasteiger partial charge in [-0.1, -0.05) is 54.1 Å². The molecule has 0 spiro atoms. The van der Waals surface area contributed by atoms with E-state index in [1.54, 1.807) is 0 Å². The number of nitrogens with one attached hydrogen (secondary N) is 2. The molecule has 0 radical (unpaired) electrons. The number of aromatic nitrogens is 4. The Labute approximate surface area is 179 Å². The van der Waals surface area contributed by atoms with Gasteiger partial charge in [-0.05, 0) is 60.2 Å². The molecule has 1 aliphatic rings. The van der Waals surface area contributed by atoms with E-state index in [0.717, 1.165) is 41.9 Å². The molecule has 1 unspecified atom stereocenters. The minimum absolute atomic E-state index is 0.136. The Kier molecular flexibility index (Phi) is 5.11. The van der Waals surface area contributed by atoms with Gasteiger partial charge in [0.1, 0.15) is 11.3 Å². The number of H-pyrrole nitrogens is 1. The summed E-state index contributed by atoms with van der Waals surface area (Å²) in [5.41, 5.74) is 12.3. The number of nitrogens with two attached hydrogens (primary N) is 1. The van der Waals surface area contributed by atoms with E-state index in [0.29, 0.717) is 17.5 Å². The van der Waals surface area contributed by atoms with E-state index in [2.05, 4.69) is 56.0 Å². The van der Waals surface area contributed by atoms with Crippen LogP contribution in [0.25, 0.3) is 11.2 Å². The average molecular weight is 419 g/mol. The van der Waals surface area contributed by atoms with Crippen molar-refractivity contribution < 1.29 is 0 Å². The van der Waals surface area contributed by atoms with Gasteiger partial charge in [-0.25, -0.2) is 4.98 Å². The van der Waals surface area contributed by atoms with E-state index in [9.17, 15) is 0 Å². The summed E-state index contributed by atoms with van der Waals surface area (Å²) in [5, 5.41) is 15.8. The zero-order valence-corrected chi connectivity index (χ0v) is 17.2. The van der Waals surface area contributed by atoms with Crippen molar-refractivity contribution in [1.82, 2.24) is 25.7 Å². The minimum atomic E-state index is 0.136. The Morgan fingerprint density at radius 3 is 2.87 bits per heavy atom. The van der Waals surface area contributed by atoms with Crippen molar-refractivity contribution in [2.45, 2.75) is 31.2 Å². The van der Waals surface area contributed by atoms with Crippen molar-refractivity contribution in [2.24, 2.45) is 0 Å². The molecular formula is C23H23ClN6. The quantitative estimate of drug-likeness (QED) is 0.432. The molecule has 1 aliphatic carbocycles. The zero-order chi connectivity index (χ0) is 20.5. The summed E-state index contributed by atoms with van der Waals surface area (Å²) in [6.07, 6.45) is 3.00. The van der Waals surface area contributed by atoms with Crippen LogP contribution >= 0.6 is 11.6 Å². The molecule has 4 N–H and O–H groups in total. The van der Waals surface area contributed by atoms with E-state index in [1.807, 2.05) is 24.3 Å². The number of rotatable bonds is 6. The molecule has 0 bridgehead atoms. The first-order valence-electron chi connectivity index (χ1n) is 10.2. The highest BCUT2D eigenvalue weighted by atomic mass is 35.5. The number of hydrogen-bond donors (Lipinski definition) is 3. The van der Waals surface area contributed by atoms with Crippen molar-refractivity contribution in [3.05, 3.63) is 81.9 Å². The molecule has 152 valence electrons. The fraction of sp³-hybridized carbons (Fsp3) is 0.261. The van der Waals surface area contributed by atoms with E-state index < -0.39 is 0 Å². The standard InChI is InChI=1S/C23H23ClN6/c24-19-8-4-7-17-16(19)9-10-20(17)26-12-11-15(14-5-2-1-3-6-14)18-13-21(25)27-23-22(18)28-30-29-23/h1-8,13,15,20,26H,9-12H2,(H3,25,27,28,29,30)/t15?,20-/m1/s1. The number of anilines is 1. The maximum atomic E-state index is 6.38. The molecule has 5 rings (SSSR count). The first kappa shape index (κ1) is 19.0. The summed E-state index contributed by atoms with van der Waals surface area (Å²) < 4.78 is 0. The molecule has 2 heterocycles. The highest BCUT2D eigenvalue weighted by molar-refractivity contribution is 6.31. The van der Waals surface area contributed by atoms with E-state index in [1.165, 1.54) is 16.7 Å². The number of halogens is 1. The third-order valence-electron chi connectivity index (χ3n) is 5.96. The summed E-state index contributed by atoms with van der Waals surface area (Å²) in [4.78, 5) is 4.29. The number of nitrogens with zero attached hydrogens (tertiary/aromatic N) is 3. The number of benzene rings is 2. The number of aromatic amines is 1. The van der Waals surface area contributed by atoms with Crippen LogP contribution in [0, 0.1) is 0 Å². The second kappa shape index (κ2) is 8.05. The minimum Gasteiger partial charge on any atom is -0.384 e. The molecule has 0 saturated carbocycles. The Hall–Kier alpha value is -2.96. The highest BCUT2D eigenvalue weighted by Crippen LogP contribution is 2.36. The molecule has 0 aliphatic heterocycles. The van der Waals surface area contributed by atoms with Gasteiger partial charge in [-0.15, -0.1) is 5.10 Å². The van der Waals surface area contributed by atoms with Gasteiger partial charge in [-0.3, -0.25) is 0 Å². The van der Waals surface area contributed by atoms with Crippen molar-refractivity contribution in [3.63, 3.8) is 0 Å². The molecule has 30 heavy (non-hydrogen) atoms. The zero-order valence-electron chi connectivity index (χ0n) is 16.5. The third-order valence-corrected chi connectivity index (χ3v) is 6.31.